The van der Waals surface area contributed by atoms with Crippen molar-refractivity contribution in [3.63, 3.8) is 0 Å². The number of rotatable bonds is 4. The number of nitrogens with one attached hydrogen (secondary N) is 2. The smallest absolute Gasteiger partial charge is 0.253 e. The Kier molecular flexibility index (Phi) is 5.12. The monoisotopic (exact) mass is 371 g/mol. The van der Waals surface area contributed by atoms with E-state index in [1.165, 1.54) is 11.0 Å². The molecular formula is C20H22FN3O3. The summed E-state index contributed by atoms with van der Waals surface area (Å²) in [5.41, 5.74) is 2.77. The van der Waals surface area contributed by atoms with Gasteiger partial charge in [-0.3, -0.25) is 14.4 Å². The summed E-state index contributed by atoms with van der Waals surface area (Å²) in [6.45, 7) is 5.55. The Bertz CT molecular complexity index is 967. The molecular weight excluding hydrogens is 349 g/mol. The maximum atomic E-state index is 13.8. The van der Waals surface area contributed by atoms with Crippen LogP contribution in [-0.2, 0) is 16.1 Å². The number of hydrogen-bond donors (Lipinski definition) is 2. The molecule has 1 atom stereocenters. The largest absolute Gasteiger partial charge is 0.351 e. The predicted octanol–water partition coefficient (Wildman–Crippen LogP) is 2.11. The molecule has 2 N–H and O–H groups in total. The van der Waals surface area contributed by atoms with Crippen LogP contribution in [0, 0.1) is 32.5 Å². The highest BCUT2D eigenvalue weighted by Gasteiger charge is 2.35. The zero-order chi connectivity index (χ0) is 19.7. The summed E-state index contributed by atoms with van der Waals surface area (Å²) in [5.74, 6) is -1.44. The third-order valence-electron chi connectivity index (χ3n) is 4.90. The van der Waals surface area contributed by atoms with Gasteiger partial charge in [0.05, 0.1) is 5.92 Å². The van der Waals surface area contributed by atoms with Crippen molar-refractivity contribution < 1.29 is 14.0 Å². The Morgan fingerprint density at radius 1 is 1.22 bits per heavy atom. The number of H-pyrrole nitrogens is 1. The number of aromatic nitrogens is 1. The number of hydrogen-bond acceptors (Lipinski definition) is 3. The first kappa shape index (κ1) is 18.8. The molecule has 1 saturated heterocycles. The molecule has 2 amide bonds. The van der Waals surface area contributed by atoms with Crippen molar-refractivity contribution in [3.05, 3.63) is 62.8 Å². The van der Waals surface area contributed by atoms with Crippen LogP contribution in [0.15, 0.2) is 29.1 Å². The van der Waals surface area contributed by atoms with Gasteiger partial charge >= 0.3 is 0 Å². The van der Waals surface area contributed by atoms with Gasteiger partial charge in [-0.15, -0.1) is 0 Å². The third kappa shape index (κ3) is 3.92. The number of benzene rings is 1. The maximum Gasteiger partial charge on any atom is 0.253 e. The first-order valence-electron chi connectivity index (χ1n) is 8.80. The van der Waals surface area contributed by atoms with Crippen LogP contribution in [0.5, 0.6) is 0 Å². The number of nitrogens with zero attached hydrogens (tertiary/aromatic N) is 1. The van der Waals surface area contributed by atoms with Gasteiger partial charge in [0.1, 0.15) is 5.82 Å². The average molecular weight is 371 g/mol. The molecule has 27 heavy (non-hydrogen) atoms. The van der Waals surface area contributed by atoms with Crippen LogP contribution in [0.4, 0.5) is 10.1 Å². The summed E-state index contributed by atoms with van der Waals surface area (Å²) in [5, 5.41) is 2.74. The van der Waals surface area contributed by atoms with E-state index in [1.54, 1.807) is 26.0 Å². The Balaban J connectivity index is 1.67. The van der Waals surface area contributed by atoms with Crippen molar-refractivity contribution in [3.8, 4) is 0 Å². The quantitative estimate of drug-likeness (QED) is 0.864. The molecule has 1 aromatic heterocycles. The Morgan fingerprint density at radius 3 is 2.63 bits per heavy atom. The van der Waals surface area contributed by atoms with Gasteiger partial charge < -0.3 is 15.2 Å². The van der Waals surface area contributed by atoms with Crippen molar-refractivity contribution in [1.82, 2.24) is 10.3 Å². The van der Waals surface area contributed by atoms with E-state index in [4.69, 9.17) is 0 Å². The second kappa shape index (κ2) is 7.34. The van der Waals surface area contributed by atoms with E-state index in [1.807, 2.05) is 13.0 Å². The minimum Gasteiger partial charge on any atom is -0.351 e. The number of carbonyl (C=O) groups is 2. The van der Waals surface area contributed by atoms with Crippen LogP contribution in [0.25, 0.3) is 0 Å². The lowest BCUT2D eigenvalue weighted by molar-refractivity contribution is -0.126. The van der Waals surface area contributed by atoms with E-state index in [9.17, 15) is 18.8 Å². The van der Waals surface area contributed by atoms with E-state index in [0.29, 0.717) is 16.8 Å². The van der Waals surface area contributed by atoms with Crippen LogP contribution in [0.1, 0.15) is 28.8 Å². The van der Waals surface area contributed by atoms with Crippen molar-refractivity contribution in [2.24, 2.45) is 5.92 Å². The first-order chi connectivity index (χ1) is 12.8. The molecule has 1 aromatic carbocycles. The number of pyridine rings is 1. The van der Waals surface area contributed by atoms with Crippen LogP contribution in [0.2, 0.25) is 0 Å². The lowest BCUT2D eigenvalue weighted by atomic mass is 10.1. The second-order valence-electron chi connectivity index (χ2n) is 7.00. The number of anilines is 1. The van der Waals surface area contributed by atoms with Gasteiger partial charge in [0.15, 0.2) is 0 Å². The van der Waals surface area contributed by atoms with Crippen molar-refractivity contribution in [2.75, 3.05) is 11.4 Å². The van der Waals surface area contributed by atoms with Gasteiger partial charge in [0.25, 0.3) is 5.56 Å². The van der Waals surface area contributed by atoms with Gasteiger partial charge in [-0.1, -0.05) is 6.07 Å². The molecule has 3 rings (SSSR count). The van der Waals surface area contributed by atoms with E-state index in [2.05, 4.69) is 10.3 Å². The summed E-state index contributed by atoms with van der Waals surface area (Å²) in [6.07, 6.45) is 0.0601. The molecule has 0 radical (unpaired) electrons. The van der Waals surface area contributed by atoms with Gasteiger partial charge in [0.2, 0.25) is 11.8 Å². The number of halogens is 1. The standard InChI is InChI=1S/C20H22FN3O3/c1-11-4-5-15(8-17(11)21)24-10-14(7-18(24)25)19(26)22-9-16-12(2)6-13(3)23-20(16)27/h4-6,8,14H,7,9-10H2,1-3H3,(H,22,26)(H,23,27)/t14-/m0/s1. The van der Waals surface area contributed by atoms with Crippen LogP contribution in [-0.4, -0.2) is 23.3 Å². The summed E-state index contributed by atoms with van der Waals surface area (Å²) >= 11 is 0. The number of aromatic amines is 1. The van der Waals surface area contributed by atoms with Gasteiger partial charge in [-0.05, 0) is 50.1 Å². The molecule has 142 valence electrons. The van der Waals surface area contributed by atoms with Gasteiger partial charge in [-0.25, -0.2) is 4.39 Å². The zero-order valence-electron chi connectivity index (χ0n) is 15.6. The molecule has 0 spiro atoms. The lowest BCUT2D eigenvalue weighted by Crippen LogP contribution is -2.34. The summed E-state index contributed by atoms with van der Waals surface area (Å²) in [4.78, 5) is 40.9. The molecule has 0 aliphatic carbocycles. The normalized spacial score (nSPS) is 16.7. The molecule has 0 unspecified atom stereocenters. The number of aryl methyl sites for hydroxylation is 3. The van der Waals surface area contributed by atoms with Gasteiger partial charge in [-0.2, -0.15) is 0 Å². The van der Waals surface area contributed by atoms with Gasteiger partial charge in [0, 0.05) is 36.5 Å². The van der Waals surface area contributed by atoms with Crippen molar-refractivity contribution in [2.45, 2.75) is 33.7 Å². The highest BCUT2D eigenvalue weighted by molar-refractivity contribution is 6.00. The van der Waals surface area contributed by atoms with E-state index in [0.717, 1.165) is 11.3 Å². The predicted molar refractivity (Wildman–Crippen MR) is 100.0 cm³/mol. The van der Waals surface area contributed by atoms with E-state index < -0.39 is 5.92 Å². The summed E-state index contributed by atoms with van der Waals surface area (Å²) < 4.78 is 13.8. The first-order valence-corrected chi connectivity index (χ1v) is 8.80. The van der Waals surface area contributed by atoms with Crippen LogP contribution in [0.3, 0.4) is 0 Å². The molecule has 0 bridgehead atoms. The van der Waals surface area contributed by atoms with Crippen molar-refractivity contribution in [1.29, 1.82) is 0 Å². The topological polar surface area (TPSA) is 82.3 Å². The minimum absolute atomic E-state index is 0.0601. The van der Waals surface area contributed by atoms with E-state index in [-0.39, 0.29) is 42.7 Å². The molecule has 7 heteroatoms. The molecule has 6 nitrogen and oxygen atoms in total. The van der Waals surface area contributed by atoms with Crippen molar-refractivity contribution >= 4 is 17.5 Å². The molecule has 1 aliphatic rings. The Labute approximate surface area is 156 Å². The molecule has 0 saturated carbocycles. The fraction of sp³-hybridized carbons (Fsp3) is 0.350. The third-order valence-corrected chi connectivity index (χ3v) is 4.90. The van der Waals surface area contributed by atoms with E-state index >= 15 is 0 Å². The summed E-state index contributed by atoms with van der Waals surface area (Å²) in [7, 11) is 0. The average Bonchev–Trinajstić information content (AvgIpc) is 2.98. The zero-order valence-corrected chi connectivity index (χ0v) is 15.6. The fourth-order valence-electron chi connectivity index (χ4n) is 3.30. The maximum absolute atomic E-state index is 13.8. The highest BCUT2D eigenvalue weighted by atomic mass is 19.1. The highest BCUT2D eigenvalue weighted by Crippen LogP contribution is 2.26. The number of amides is 2. The summed E-state index contributed by atoms with van der Waals surface area (Å²) in [6, 6.07) is 6.43. The minimum atomic E-state index is -0.535. The molecule has 1 aliphatic heterocycles. The van der Waals surface area contributed by atoms with Crippen LogP contribution < -0.4 is 15.8 Å². The Morgan fingerprint density at radius 2 is 1.96 bits per heavy atom. The Hall–Kier alpha value is -2.96. The molecule has 1 fully saturated rings. The number of carbonyl (C=O) groups excluding carboxylic acids is 2. The lowest BCUT2D eigenvalue weighted by Gasteiger charge is -2.17. The SMILES string of the molecule is Cc1cc(C)c(CNC(=O)[C@H]2CC(=O)N(c3ccc(C)c(F)c3)C2)c(=O)[nH]1. The van der Waals surface area contributed by atoms with Crippen LogP contribution >= 0.6 is 0 Å². The second-order valence-corrected chi connectivity index (χ2v) is 7.00. The fourth-order valence-corrected chi connectivity index (χ4v) is 3.30. The molecule has 2 aromatic rings. The molecule has 2 heterocycles.